The number of Topliss-reactive ketones (excluding diaryl/α,β-unsaturated/α-hetero) is 1. The largest absolute Gasteiger partial charge is 0.497 e. The average Bonchev–Trinajstić information content (AvgIpc) is 2.48. The lowest BCUT2D eigenvalue weighted by Gasteiger charge is -2.13. The van der Waals surface area contributed by atoms with E-state index in [4.69, 9.17) is 4.74 Å². The number of hydrogen-bond donors (Lipinski definition) is 0. The zero-order valence-electron chi connectivity index (χ0n) is 11.2. The highest BCUT2D eigenvalue weighted by molar-refractivity contribution is 9.10. The molecule has 4 heteroatoms. The van der Waals surface area contributed by atoms with Gasteiger partial charge in [0.1, 0.15) is 11.6 Å². The number of carbonyl (C=O) groups excluding carboxylic acids is 1. The number of ether oxygens (including phenoxy) is 1. The topological polar surface area (TPSA) is 26.3 Å². The first-order valence-corrected chi connectivity index (χ1v) is 6.95. The van der Waals surface area contributed by atoms with E-state index in [1.807, 2.05) is 0 Å². The predicted molar refractivity (Wildman–Crippen MR) is 79.8 cm³/mol. The van der Waals surface area contributed by atoms with E-state index in [0.29, 0.717) is 16.9 Å². The quantitative estimate of drug-likeness (QED) is 0.763. The molecule has 0 aliphatic carbocycles. The summed E-state index contributed by atoms with van der Waals surface area (Å²) >= 11 is 3.29. The zero-order chi connectivity index (χ0) is 14.7. The van der Waals surface area contributed by atoms with Crippen molar-refractivity contribution >= 4 is 21.7 Å². The molecule has 0 bridgehead atoms. The molecule has 2 nitrogen and oxygen atoms in total. The van der Waals surface area contributed by atoms with Crippen LogP contribution in [0, 0.1) is 5.82 Å². The number of carbonyl (C=O) groups is 1. The molecule has 0 radical (unpaired) electrons. The van der Waals surface area contributed by atoms with Crippen LogP contribution in [0.5, 0.6) is 5.75 Å². The van der Waals surface area contributed by atoms with Crippen molar-refractivity contribution < 1.29 is 13.9 Å². The lowest BCUT2D eigenvalue weighted by molar-refractivity contribution is 0.0964. The Bertz CT molecular complexity index is 623. The summed E-state index contributed by atoms with van der Waals surface area (Å²) in [5.74, 6) is -0.351. The smallest absolute Gasteiger partial charge is 0.170 e. The highest BCUT2D eigenvalue weighted by atomic mass is 79.9. The van der Waals surface area contributed by atoms with Crippen LogP contribution in [-0.4, -0.2) is 12.9 Å². The maximum absolute atomic E-state index is 13.8. The Morgan fingerprint density at radius 3 is 2.45 bits per heavy atom. The monoisotopic (exact) mass is 336 g/mol. The molecule has 1 unspecified atom stereocenters. The molecule has 0 aliphatic rings. The van der Waals surface area contributed by atoms with Gasteiger partial charge in [-0.05, 0) is 48.0 Å². The summed E-state index contributed by atoms with van der Waals surface area (Å²) in [6.45, 7) is 1.71. The molecule has 1 atom stereocenters. The van der Waals surface area contributed by atoms with E-state index in [9.17, 15) is 9.18 Å². The first-order valence-electron chi connectivity index (χ1n) is 6.16. The van der Waals surface area contributed by atoms with Crippen molar-refractivity contribution in [2.45, 2.75) is 12.8 Å². The second kappa shape index (κ2) is 6.18. The third kappa shape index (κ3) is 3.07. The summed E-state index contributed by atoms with van der Waals surface area (Å²) in [6.07, 6.45) is 0. The van der Waals surface area contributed by atoms with Gasteiger partial charge in [-0.3, -0.25) is 4.79 Å². The summed E-state index contributed by atoms with van der Waals surface area (Å²) in [5.41, 5.74) is 0.929. The molecule has 0 fully saturated rings. The molecule has 0 aromatic heterocycles. The van der Waals surface area contributed by atoms with Gasteiger partial charge in [0.05, 0.1) is 7.11 Å². The summed E-state index contributed by atoms with van der Waals surface area (Å²) in [6, 6.07) is 11.4. The van der Waals surface area contributed by atoms with Crippen molar-refractivity contribution in [3.63, 3.8) is 0 Å². The number of hydrogen-bond acceptors (Lipinski definition) is 2. The van der Waals surface area contributed by atoms with Crippen molar-refractivity contribution in [1.29, 1.82) is 0 Å². The molecular weight excluding hydrogens is 323 g/mol. The maximum atomic E-state index is 13.8. The molecule has 0 N–H and O–H groups in total. The lowest BCUT2D eigenvalue weighted by atomic mass is 9.92. The van der Waals surface area contributed by atoms with Crippen LogP contribution in [0.2, 0.25) is 0 Å². The molecule has 0 heterocycles. The van der Waals surface area contributed by atoms with Crippen LogP contribution in [0.3, 0.4) is 0 Å². The molecule has 2 aromatic rings. The van der Waals surface area contributed by atoms with Gasteiger partial charge >= 0.3 is 0 Å². The van der Waals surface area contributed by atoms with Gasteiger partial charge in [0.2, 0.25) is 0 Å². The van der Waals surface area contributed by atoms with Crippen molar-refractivity contribution in [3.05, 3.63) is 63.9 Å². The number of benzene rings is 2. The van der Waals surface area contributed by atoms with E-state index in [1.54, 1.807) is 50.4 Å². The Kier molecular flexibility index (Phi) is 4.55. The second-order valence-electron chi connectivity index (χ2n) is 4.48. The van der Waals surface area contributed by atoms with Crippen LogP contribution < -0.4 is 4.74 Å². The molecule has 104 valence electrons. The van der Waals surface area contributed by atoms with E-state index in [1.165, 1.54) is 6.07 Å². The van der Waals surface area contributed by atoms with Gasteiger partial charge < -0.3 is 4.74 Å². The van der Waals surface area contributed by atoms with Crippen LogP contribution in [0.25, 0.3) is 0 Å². The Morgan fingerprint density at radius 1 is 1.20 bits per heavy atom. The molecule has 0 amide bonds. The number of halogens is 2. The molecule has 0 spiro atoms. The number of rotatable bonds is 4. The average molecular weight is 337 g/mol. The Labute approximate surface area is 125 Å². The van der Waals surface area contributed by atoms with Crippen molar-refractivity contribution in [2.75, 3.05) is 7.11 Å². The van der Waals surface area contributed by atoms with Crippen LogP contribution in [-0.2, 0) is 0 Å². The number of ketones is 1. The summed E-state index contributed by atoms with van der Waals surface area (Å²) in [5, 5.41) is 0. The fraction of sp³-hybridized carbons (Fsp3) is 0.188. The SMILES string of the molecule is COc1ccc(C(=O)C(C)c2cc(Br)ccc2F)cc1. The van der Waals surface area contributed by atoms with Crippen LogP contribution in [0.15, 0.2) is 46.9 Å². The fourth-order valence-corrected chi connectivity index (χ4v) is 2.37. The minimum Gasteiger partial charge on any atom is -0.497 e. The van der Waals surface area contributed by atoms with E-state index in [0.717, 1.165) is 4.47 Å². The van der Waals surface area contributed by atoms with E-state index in [2.05, 4.69) is 15.9 Å². The summed E-state index contributed by atoms with van der Waals surface area (Å²) in [7, 11) is 1.57. The summed E-state index contributed by atoms with van der Waals surface area (Å²) < 4.78 is 19.6. The molecular formula is C16H14BrFO2. The Morgan fingerprint density at radius 2 is 1.85 bits per heavy atom. The molecule has 2 rings (SSSR count). The highest BCUT2D eigenvalue weighted by Gasteiger charge is 2.20. The fourth-order valence-electron chi connectivity index (χ4n) is 1.99. The van der Waals surface area contributed by atoms with Crippen LogP contribution in [0.1, 0.15) is 28.8 Å². The maximum Gasteiger partial charge on any atom is 0.170 e. The molecule has 2 aromatic carbocycles. The zero-order valence-corrected chi connectivity index (χ0v) is 12.8. The van der Waals surface area contributed by atoms with E-state index >= 15 is 0 Å². The van der Waals surface area contributed by atoms with E-state index in [-0.39, 0.29) is 11.6 Å². The highest BCUT2D eigenvalue weighted by Crippen LogP contribution is 2.26. The van der Waals surface area contributed by atoms with Gasteiger partial charge in [-0.15, -0.1) is 0 Å². The Balaban J connectivity index is 2.29. The van der Waals surface area contributed by atoms with Crippen molar-refractivity contribution in [1.82, 2.24) is 0 Å². The van der Waals surface area contributed by atoms with Crippen molar-refractivity contribution in [3.8, 4) is 5.75 Å². The minimum absolute atomic E-state index is 0.121. The molecule has 0 aliphatic heterocycles. The van der Waals surface area contributed by atoms with Crippen LogP contribution >= 0.6 is 15.9 Å². The third-order valence-electron chi connectivity index (χ3n) is 3.19. The first-order chi connectivity index (χ1) is 9.52. The number of methoxy groups -OCH3 is 1. The van der Waals surface area contributed by atoms with Gasteiger partial charge in [-0.25, -0.2) is 4.39 Å². The molecule has 0 saturated heterocycles. The lowest BCUT2D eigenvalue weighted by Crippen LogP contribution is -2.11. The van der Waals surface area contributed by atoms with Crippen LogP contribution in [0.4, 0.5) is 4.39 Å². The normalized spacial score (nSPS) is 12.0. The molecule has 20 heavy (non-hydrogen) atoms. The van der Waals surface area contributed by atoms with Gasteiger partial charge in [0.15, 0.2) is 5.78 Å². The van der Waals surface area contributed by atoms with Gasteiger partial charge in [-0.2, -0.15) is 0 Å². The van der Waals surface area contributed by atoms with E-state index < -0.39 is 5.92 Å². The van der Waals surface area contributed by atoms with Crippen molar-refractivity contribution in [2.24, 2.45) is 0 Å². The predicted octanol–water partition coefficient (Wildman–Crippen LogP) is 4.58. The Hall–Kier alpha value is -1.68. The second-order valence-corrected chi connectivity index (χ2v) is 5.40. The van der Waals surface area contributed by atoms with Gasteiger partial charge in [0.25, 0.3) is 0 Å². The third-order valence-corrected chi connectivity index (χ3v) is 3.69. The standard InChI is InChI=1S/C16H14BrFO2/c1-10(14-9-12(17)5-8-15(14)18)16(19)11-3-6-13(20-2)7-4-11/h3-10H,1-2H3. The minimum atomic E-state index is -0.541. The summed E-state index contributed by atoms with van der Waals surface area (Å²) in [4.78, 5) is 12.4. The molecule has 0 saturated carbocycles. The van der Waals surface area contributed by atoms with Gasteiger partial charge in [-0.1, -0.05) is 22.9 Å². The first kappa shape index (κ1) is 14.7. The van der Waals surface area contributed by atoms with Gasteiger partial charge in [0, 0.05) is 16.0 Å².